The van der Waals surface area contributed by atoms with Crippen LogP contribution in [-0.4, -0.2) is 59.8 Å². The maximum Gasteiger partial charge on any atom is 0.278 e. The molecule has 0 unspecified atom stereocenters. The molecule has 0 spiro atoms. The molecule has 4 rings (SSSR count). The highest BCUT2D eigenvalue weighted by atomic mass is 16.5. The second-order valence-electron chi connectivity index (χ2n) is 7.86. The number of ketones is 1. The van der Waals surface area contributed by atoms with Crippen LogP contribution in [0, 0.1) is 18.3 Å². The first-order valence-corrected chi connectivity index (χ1v) is 10.6. The SMILES string of the molecule is COCCn1c(N2CCNCC2)c(C#N)c2ncn(CC(=O)c3cccc(C)c3)c(=O)c21. The van der Waals surface area contributed by atoms with E-state index in [4.69, 9.17) is 4.74 Å². The number of fused-ring (bicyclic) bond motifs is 1. The van der Waals surface area contributed by atoms with Crippen LogP contribution in [0.15, 0.2) is 35.4 Å². The van der Waals surface area contributed by atoms with Gasteiger partial charge >= 0.3 is 0 Å². The van der Waals surface area contributed by atoms with Gasteiger partial charge in [0.05, 0.1) is 19.5 Å². The Bertz CT molecular complexity index is 1250. The van der Waals surface area contributed by atoms with Crippen molar-refractivity contribution in [2.75, 3.05) is 44.8 Å². The second kappa shape index (κ2) is 9.34. The van der Waals surface area contributed by atoms with Gasteiger partial charge in [-0.3, -0.25) is 14.2 Å². The van der Waals surface area contributed by atoms with Crippen LogP contribution in [0.2, 0.25) is 0 Å². The van der Waals surface area contributed by atoms with Gasteiger partial charge in [-0.2, -0.15) is 5.26 Å². The monoisotopic (exact) mass is 434 g/mol. The molecule has 2 aromatic heterocycles. The van der Waals surface area contributed by atoms with Gasteiger partial charge < -0.3 is 19.5 Å². The average Bonchev–Trinajstić information content (AvgIpc) is 3.14. The molecule has 1 aliphatic heterocycles. The second-order valence-corrected chi connectivity index (χ2v) is 7.86. The smallest absolute Gasteiger partial charge is 0.278 e. The van der Waals surface area contributed by atoms with E-state index in [0.717, 1.165) is 31.7 Å². The first-order valence-electron chi connectivity index (χ1n) is 10.6. The number of aryl methyl sites for hydroxylation is 1. The fraction of sp³-hybridized carbons (Fsp3) is 0.391. The molecule has 0 radical (unpaired) electrons. The molecule has 1 saturated heterocycles. The molecule has 1 aromatic carbocycles. The minimum absolute atomic E-state index is 0.120. The summed E-state index contributed by atoms with van der Waals surface area (Å²) in [5.74, 6) is 0.517. The van der Waals surface area contributed by atoms with Crippen molar-refractivity contribution in [2.24, 2.45) is 0 Å². The van der Waals surface area contributed by atoms with E-state index in [1.807, 2.05) is 23.6 Å². The molecule has 1 aliphatic rings. The molecular weight excluding hydrogens is 408 g/mol. The number of nitrogens with zero attached hydrogens (tertiary/aromatic N) is 5. The van der Waals surface area contributed by atoms with E-state index in [2.05, 4.69) is 21.3 Å². The van der Waals surface area contributed by atoms with Crippen molar-refractivity contribution in [2.45, 2.75) is 20.0 Å². The number of nitrogens with one attached hydrogen (secondary N) is 1. The first-order chi connectivity index (χ1) is 15.5. The Balaban J connectivity index is 1.82. The summed E-state index contributed by atoms with van der Waals surface area (Å²) in [5.41, 5.74) is 2.25. The standard InChI is InChI=1S/C23H26N6O3/c1-16-4-3-5-17(12-16)19(30)14-28-15-26-20-18(13-24)22(27-8-6-25-7-9-27)29(10-11-32-2)21(20)23(28)31/h3-5,12,15,25H,6-11,14H2,1-2H3. The Morgan fingerprint density at radius 3 is 2.78 bits per heavy atom. The predicted molar refractivity (Wildman–Crippen MR) is 121 cm³/mol. The van der Waals surface area contributed by atoms with E-state index in [-0.39, 0.29) is 17.9 Å². The maximum atomic E-state index is 13.5. The number of hydrogen-bond donors (Lipinski definition) is 1. The summed E-state index contributed by atoms with van der Waals surface area (Å²) >= 11 is 0. The molecular formula is C23H26N6O3. The van der Waals surface area contributed by atoms with Crippen LogP contribution < -0.4 is 15.8 Å². The maximum absolute atomic E-state index is 13.5. The third kappa shape index (κ3) is 4.02. The normalized spacial score (nSPS) is 14.0. The molecule has 0 bridgehead atoms. The van der Waals surface area contributed by atoms with E-state index in [1.54, 1.807) is 19.2 Å². The molecule has 0 atom stereocenters. The number of anilines is 1. The molecule has 1 N–H and O–H groups in total. The van der Waals surface area contributed by atoms with E-state index in [1.165, 1.54) is 10.9 Å². The minimum Gasteiger partial charge on any atom is -0.383 e. The number of benzene rings is 1. The van der Waals surface area contributed by atoms with Crippen LogP contribution in [0.25, 0.3) is 11.0 Å². The number of piperazine rings is 1. The van der Waals surface area contributed by atoms with Gasteiger partial charge in [0, 0.05) is 45.4 Å². The van der Waals surface area contributed by atoms with E-state index >= 15 is 0 Å². The van der Waals surface area contributed by atoms with Gasteiger partial charge in [-0.25, -0.2) is 4.98 Å². The van der Waals surface area contributed by atoms with Crippen LogP contribution in [0.5, 0.6) is 0 Å². The number of rotatable bonds is 7. The van der Waals surface area contributed by atoms with Crippen molar-refractivity contribution in [1.82, 2.24) is 19.4 Å². The van der Waals surface area contributed by atoms with Crippen molar-refractivity contribution in [1.29, 1.82) is 5.26 Å². The molecule has 166 valence electrons. The topological polar surface area (TPSA) is 105 Å². The van der Waals surface area contributed by atoms with Gasteiger partial charge in [-0.05, 0) is 13.0 Å². The van der Waals surface area contributed by atoms with Gasteiger partial charge in [0.25, 0.3) is 5.56 Å². The largest absolute Gasteiger partial charge is 0.383 e. The summed E-state index contributed by atoms with van der Waals surface area (Å²) in [4.78, 5) is 32.8. The van der Waals surface area contributed by atoms with Gasteiger partial charge in [-0.15, -0.1) is 0 Å². The molecule has 9 nitrogen and oxygen atoms in total. The van der Waals surface area contributed by atoms with Crippen LogP contribution in [-0.2, 0) is 17.8 Å². The summed E-state index contributed by atoms with van der Waals surface area (Å²) in [6.45, 7) is 5.60. The summed E-state index contributed by atoms with van der Waals surface area (Å²) in [6.07, 6.45) is 1.36. The molecule has 32 heavy (non-hydrogen) atoms. The lowest BCUT2D eigenvalue weighted by molar-refractivity contribution is 0.0970. The lowest BCUT2D eigenvalue weighted by atomic mass is 10.1. The highest BCUT2D eigenvalue weighted by molar-refractivity contribution is 5.96. The Morgan fingerprint density at radius 2 is 2.09 bits per heavy atom. The molecule has 9 heteroatoms. The molecule has 3 aromatic rings. The van der Waals surface area contributed by atoms with E-state index < -0.39 is 0 Å². The number of aromatic nitrogens is 3. The molecule has 0 aliphatic carbocycles. The fourth-order valence-electron chi connectivity index (χ4n) is 4.14. The first kappa shape index (κ1) is 21.7. The summed E-state index contributed by atoms with van der Waals surface area (Å²) < 4.78 is 8.41. The highest BCUT2D eigenvalue weighted by Crippen LogP contribution is 2.30. The zero-order valence-corrected chi connectivity index (χ0v) is 18.3. The molecule has 0 saturated carbocycles. The average molecular weight is 435 g/mol. The van der Waals surface area contributed by atoms with Crippen LogP contribution in [0.3, 0.4) is 0 Å². The quantitative estimate of drug-likeness (QED) is 0.559. The van der Waals surface area contributed by atoms with Gasteiger partial charge in [0.2, 0.25) is 0 Å². The van der Waals surface area contributed by atoms with Crippen molar-refractivity contribution in [3.05, 3.63) is 57.6 Å². The molecule has 3 heterocycles. The Morgan fingerprint density at radius 1 is 1.31 bits per heavy atom. The van der Waals surface area contributed by atoms with Gasteiger partial charge in [0.15, 0.2) is 5.78 Å². The third-order valence-corrected chi connectivity index (χ3v) is 5.70. The van der Waals surface area contributed by atoms with Crippen LogP contribution in [0.1, 0.15) is 21.5 Å². The van der Waals surface area contributed by atoms with Crippen molar-refractivity contribution in [3.63, 3.8) is 0 Å². The number of methoxy groups -OCH3 is 1. The van der Waals surface area contributed by atoms with E-state index in [9.17, 15) is 14.9 Å². The highest BCUT2D eigenvalue weighted by Gasteiger charge is 2.26. The zero-order chi connectivity index (χ0) is 22.7. The fourth-order valence-corrected chi connectivity index (χ4v) is 4.14. The number of Topliss-reactive ketones (excluding diaryl/α,β-unsaturated/α-hetero) is 1. The van der Waals surface area contributed by atoms with Crippen LogP contribution in [0.4, 0.5) is 5.82 Å². The summed E-state index contributed by atoms with van der Waals surface area (Å²) in [7, 11) is 1.60. The Hall–Kier alpha value is -3.48. The van der Waals surface area contributed by atoms with Crippen molar-refractivity contribution >= 4 is 22.6 Å². The van der Waals surface area contributed by atoms with Gasteiger partial charge in [-0.1, -0.05) is 23.8 Å². The van der Waals surface area contributed by atoms with Gasteiger partial charge in [0.1, 0.15) is 28.5 Å². The number of carbonyl (C=O) groups excluding carboxylic acids is 1. The summed E-state index contributed by atoms with van der Waals surface area (Å²) in [6, 6.07) is 9.53. The van der Waals surface area contributed by atoms with Crippen molar-refractivity contribution < 1.29 is 9.53 Å². The van der Waals surface area contributed by atoms with Crippen molar-refractivity contribution in [3.8, 4) is 6.07 Å². The Kier molecular flexibility index (Phi) is 6.35. The lowest BCUT2D eigenvalue weighted by Crippen LogP contribution is -2.44. The predicted octanol–water partition coefficient (Wildman–Crippen LogP) is 1.32. The summed E-state index contributed by atoms with van der Waals surface area (Å²) in [5, 5.41) is 13.2. The third-order valence-electron chi connectivity index (χ3n) is 5.70. The molecule has 0 amide bonds. The molecule has 1 fully saturated rings. The number of hydrogen-bond acceptors (Lipinski definition) is 7. The minimum atomic E-state index is -0.343. The number of ether oxygens (including phenoxy) is 1. The Labute approximate surface area is 185 Å². The lowest BCUT2D eigenvalue weighted by Gasteiger charge is -2.30. The number of carbonyl (C=O) groups is 1. The van der Waals surface area contributed by atoms with Crippen LogP contribution >= 0.6 is 0 Å². The van der Waals surface area contributed by atoms with E-state index in [0.29, 0.717) is 41.1 Å². The number of nitriles is 1. The zero-order valence-electron chi connectivity index (χ0n) is 18.3.